The Balaban J connectivity index is 2.27. The van der Waals surface area contributed by atoms with Crippen molar-refractivity contribution in [3.8, 4) is 10.6 Å². The molecule has 0 aliphatic heterocycles. The van der Waals surface area contributed by atoms with Crippen molar-refractivity contribution in [1.29, 1.82) is 0 Å². The molecule has 0 aliphatic rings. The van der Waals surface area contributed by atoms with Crippen LogP contribution in [0.5, 0.6) is 0 Å². The van der Waals surface area contributed by atoms with Crippen molar-refractivity contribution in [2.75, 3.05) is 6.54 Å². The minimum Gasteiger partial charge on any atom is -0.330 e. The van der Waals surface area contributed by atoms with E-state index < -0.39 is 0 Å². The van der Waals surface area contributed by atoms with E-state index in [0.29, 0.717) is 6.54 Å². The van der Waals surface area contributed by atoms with Crippen LogP contribution in [0.25, 0.3) is 10.6 Å². The highest BCUT2D eigenvalue weighted by molar-refractivity contribution is 7.14. The Morgan fingerprint density at radius 1 is 1.18 bits per heavy atom. The van der Waals surface area contributed by atoms with Crippen LogP contribution in [0, 0.1) is 13.8 Å². The second kappa shape index (κ2) is 5.29. The van der Waals surface area contributed by atoms with Crippen LogP contribution >= 0.6 is 11.3 Å². The fourth-order valence-corrected chi connectivity index (χ4v) is 2.43. The SMILES string of the molecule is Cc1cc(-c2nnc(CCCN)s2)c(C)nn1. The first-order chi connectivity index (χ1) is 8.20. The van der Waals surface area contributed by atoms with Gasteiger partial charge in [0.2, 0.25) is 0 Å². The lowest BCUT2D eigenvalue weighted by molar-refractivity contribution is 0.812. The third-order valence-electron chi connectivity index (χ3n) is 2.39. The quantitative estimate of drug-likeness (QED) is 0.888. The van der Waals surface area contributed by atoms with Crippen LogP contribution in [-0.4, -0.2) is 26.9 Å². The molecular weight excluding hydrogens is 234 g/mol. The van der Waals surface area contributed by atoms with E-state index in [1.165, 1.54) is 0 Å². The van der Waals surface area contributed by atoms with Gasteiger partial charge in [-0.3, -0.25) is 0 Å². The zero-order chi connectivity index (χ0) is 12.3. The van der Waals surface area contributed by atoms with Gasteiger partial charge in [0.15, 0.2) is 0 Å². The van der Waals surface area contributed by atoms with Crippen LogP contribution in [0.15, 0.2) is 6.07 Å². The first kappa shape index (κ1) is 12.1. The average Bonchev–Trinajstić information content (AvgIpc) is 2.78. The van der Waals surface area contributed by atoms with Crippen molar-refractivity contribution in [3.05, 3.63) is 22.5 Å². The van der Waals surface area contributed by atoms with Crippen molar-refractivity contribution in [2.45, 2.75) is 26.7 Å². The van der Waals surface area contributed by atoms with Crippen LogP contribution in [-0.2, 0) is 6.42 Å². The molecule has 17 heavy (non-hydrogen) atoms. The molecule has 0 unspecified atom stereocenters. The summed E-state index contributed by atoms with van der Waals surface area (Å²) in [5.74, 6) is 0. The Morgan fingerprint density at radius 2 is 2.00 bits per heavy atom. The minimum atomic E-state index is 0.684. The fourth-order valence-electron chi connectivity index (χ4n) is 1.48. The zero-order valence-corrected chi connectivity index (χ0v) is 10.8. The average molecular weight is 249 g/mol. The van der Waals surface area contributed by atoms with E-state index in [1.54, 1.807) is 11.3 Å². The van der Waals surface area contributed by atoms with Gasteiger partial charge in [-0.25, -0.2) is 0 Å². The van der Waals surface area contributed by atoms with Crippen LogP contribution in [0.1, 0.15) is 22.8 Å². The van der Waals surface area contributed by atoms with Gasteiger partial charge < -0.3 is 5.73 Å². The van der Waals surface area contributed by atoms with Crippen molar-refractivity contribution < 1.29 is 0 Å². The standard InChI is InChI=1S/C11H15N5S/c1-7-6-9(8(2)14-13-7)11-16-15-10(17-11)4-3-5-12/h6H,3-5,12H2,1-2H3. The summed E-state index contributed by atoms with van der Waals surface area (Å²) >= 11 is 1.60. The van der Waals surface area contributed by atoms with Gasteiger partial charge in [0.25, 0.3) is 0 Å². The van der Waals surface area contributed by atoms with Crippen LogP contribution < -0.4 is 5.73 Å². The van der Waals surface area contributed by atoms with Gasteiger partial charge in [0.05, 0.1) is 11.4 Å². The topological polar surface area (TPSA) is 77.6 Å². The predicted molar refractivity (Wildman–Crippen MR) is 67.8 cm³/mol. The van der Waals surface area contributed by atoms with E-state index in [4.69, 9.17) is 5.73 Å². The molecular formula is C11H15N5S. The van der Waals surface area contributed by atoms with E-state index in [-0.39, 0.29) is 0 Å². The molecule has 0 aromatic carbocycles. The third-order valence-corrected chi connectivity index (χ3v) is 3.41. The lowest BCUT2D eigenvalue weighted by atomic mass is 10.2. The highest BCUT2D eigenvalue weighted by atomic mass is 32.1. The van der Waals surface area contributed by atoms with Crippen LogP contribution in [0.4, 0.5) is 0 Å². The lowest BCUT2D eigenvalue weighted by Gasteiger charge is -1.99. The second-order valence-corrected chi connectivity index (χ2v) is 4.94. The van der Waals surface area contributed by atoms with Crippen LogP contribution in [0.2, 0.25) is 0 Å². The maximum Gasteiger partial charge on any atom is 0.149 e. The first-order valence-corrected chi connectivity index (χ1v) is 6.36. The number of aromatic nitrogens is 4. The van der Waals surface area contributed by atoms with Crippen molar-refractivity contribution in [2.24, 2.45) is 5.73 Å². The monoisotopic (exact) mass is 249 g/mol. The molecule has 2 rings (SSSR count). The van der Waals surface area contributed by atoms with E-state index in [2.05, 4.69) is 20.4 Å². The number of nitrogens with two attached hydrogens (primary N) is 1. The summed E-state index contributed by atoms with van der Waals surface area (Å²) in [4.78, 5) is 0. The molecule has 0 spiro atoms. The Bertz CT molecular complexity index is 508. The van der Waals surface area contributed by atoms with Gasteiger partial charge in [0.1, 0.15) is 10.0 Å². The number of hydrogen-bond acceptors (Lipinski definition) is 6. The smallest absolute Gasteiger partial charge is 0.149 e. The molecule has 0 saturated heterocycles. The van der Waals surface area contributed by atoms with Gasteiger partial charge in [-0.2, -0.15) is 10.2 Å². The number of rotatable bonds is 4. The van der Waals surface area contributed by atoms with Crippen molar-refractivity contribution in [3.63, 3.8) is 0 Å². The molecule has 6 heteroatoms. The Hall–Kier alpha value is -1.40. The van der Waals surface area contributed by atoms with Gasteiger partial charge in [-0.1, -0.05) is 11.3 Å². The summed E-state index contributed by atoms with van der Waals surface area (Å²) in [5, 5.41) is 18.4. The minimum absolute atomic E-state index is 0.684. The van der Waals surface area contributed by atoms with E-state index in [0.717, 1.165) is 39.8 Å². The Kier molecular flexibility index (Phi) is 3.75. The molecule has 0 amide bonds. The Morgan fingerprint density at radius 3 is 2.76 bits per heavy atom. The lowest BCUT2D eigenvalue weighted by Crippen LogP contribution is -1.99. The molecule has 2 aromatic rings. The molecule has 0 aliphatic carbocycles. The highest BCUT2D eigenvalue weighted by Crippen LogP contribution is 2.26. The Labute approximate surface area is 104 Å². The molecule has 2 aromatic heterocycles. The molecule has 2 N–H and O–H groups in total. The molecule has 0 atom stereocenters. The molecule has 5 nitrogen and oxygen atoms in total. The van der Waals surface area contributed by atoms with Crippen molar-refractivity contribution in [1.82, 2.24) is 20.4 Å². The summed E-state index contributed by atoms with van der Waals surface area (Å²) in [7, 11) is 0. The summed E-state index contributed by atoms with van der Waals surface area (Å²) < 4.78 is 0. The molecule has 90 valence electrons. The summed E-state index contributed by atoms with van der Waals surface area (Å²) in [6.45, 7) is 4.54. The van der Waals surface area contributed by atoms with Gasteiger partial charge >= 0.3 is 0 Å². The molecule has 2 heterocycles. The van der Waals surface area contributed by atoms with Crippen molar-refractivity contribution >= 4 is 11.3 Å². The number of hydrogen-bond donors (Lipinski definition) is 1. The van der Waals surface area contributed by atoms with Crippen LogP contribution in [0.3, 0.4) is 0 Å². The number of nitrogens with zero attached hydrogens (tertiary/aromatic N) is 4. The predicted octanol–water partition coefficient (Wildman–Crippen LogP) is 1.50. The van der Waals surface area contributed by atoms with E-state index in [9.17, 15) is 0 Å². The first-order valence-electron chi connectivity index (χ1n) is 5.54. The molecule has 0 radical (unpaired) electrons. The molecule has 0 fully saturated rings. The maximum atomic E-state index is 5.48. The highest BCUT2D eigenvalue weighted by Gasteiger charge is 2.10. The molecule has 0 bridgehead atoms. The largest absolute Gasteiger partial charge is 0.330 e. The normalized spacial score (nSPS) is 10.8. The summed E-state index contributed by atoms with van der Waals surface area (Å²) in [6, 6.07) is 2.00. The number of aryl methyl sites for hydroxylation is 3. The summed E-state index contributed by atoms with van der Waals surface area (Å²) in [6.07, 6.45) is 1.84. The maximum absolute atomic E-state index is 5.48. The van der Waals surface area contributed by atoms with E-state index in [1.807, 2.05) is 19.9 Å². The fraction of sp³-hybridized carbons (Fsp3) is 0.455. The van der Waals surface area contributed by atoms with Gasteiger partial charge in [-0.05, 0) is 32.9 Å². The van der Waals surface area contributed by atoms with Gasteiger partial charge in [-0.15, -0.1) is 10.2 Å². The summed E-state index contributed by atoms with van der Waals surface area (Å²) in [5.41, 5.74) is 8.28. The van der Waals surface area contributed by atoms with Gasteiger partial charge in [0, 0.05) is 12.0 Å². The van der Waals surface area contributed by atoms with E-state index >= 15 is 0 Å². The third kappa shape index (κ3) is 2.83. The zero-order valence-electron chi connectivity index (χ0n) is 9.97. The molecule has 0 saturated carbocycles. The second-order valence-electron chi connectivity index (χ2n) is 3.88.